The maximum atomic E-state index is 12.1. The predicted molar refractivity (Wildman–Crippen MR) is 66.0 cm³/mol. The largest absolute Gasteiger partial charge is 0.342 e. The van der Waals surface area contributed by atoms with E-state index in [0.717, 1.165) is 0 Å². The monoisotopic (exact) mass is 256 g/mol. The number of carbonyl (C=O) groups excluding carboxylic acids is 2. The molecule has 7 nitrogen and oxygen atoms in total. The molecule has 1 atom stereocenters. The number of nitrogens with one attached hydrogen (secondary N) is 1. The Morgan fingerprint density at radius 1 is 1.67 bits per heavy atom. The summed E-state index contributed by atoms with van der Waals surface area (Å²) in [4.78, 5) is 26.4. The Morgan fingerprint density at radius 3 is 2.67 bits per heavy atom. The molecule has 4 amide bonds. The molecule has 1 aliphatic rings. The maximum Gasteiger partial charge on any atom is 0.342 e. The van der Waals surface area contributed by atoms with E-state index < -0.39 is 17.7 Å². The highest BCUT2D eigenvalue weighted by molar-refractivity contribution is 5.80. The van der Waals surface area contributed by atoms with E-state index in [2.05, 4.69) is 11.9 Å². The van der Waals surface area contributed by atoms with Crippen LogP contribution in [0.5, 0.6) is 0 Å². The highest BCUT2D eigenvalue weighted by atomic mass is 16.5. The van der Waals surface area contributed by atoms with Crippen LogP contribution in [0.4, 0.5) is 9.59 Å². The van der Waals surface area contributed by atoms with Crippen molar-refractivity contribution >= 4 is 12.1 Å². The van der Waals surface area contributed by atoms with Crippen molar-refractivity contribution in [1.29, 1.82) is 0 Å². The standard InChI is InChI=1S/C11H20N4O3/c1-6-7-14-10(17)13(5)8(11(14,2)3)15(18)9(16)12-4/h6,8,18H,1,7H2,2-5H3,(H,12,16)/t8-/m0/s1. The van der Waals surface area contributed by atoms with Crippen molar-refractivity contribution in [2.75, 3.05) is 20.6 Å². The van der Waals surface area contributed by atoms with Gasteiger partial charge in [0.15, 0.2) is 6.17 Å². The van der Waals surface area contributed by atoms with Crippen molar-refractivity contribution in [3.05, 3.63) is 12.7 Å². The molecule has 0 unspecified atom stereocenters. The van der Waals surface area contributed by atoms with Crippen LogP contribution in [0.3, 0.4) is 0 Å². The predicted octanol–water partition coefficient (Wildman–Crippen LogP) is 0.675. The second-order valence-corrected chi connectivity index (χ2v) is 4.72. The summed E-state index contributed by atoms with van der Waals surface area (Å²) in [5.74, 6) is 0. The number of carbonyl (C=O) groups is 2. The van der Waals surface area contributed by atoms with Crippen LogP contribution < -0.4 is 5.32 Å². The molecule has 2 N–H and O–H groups in total. The topological polar surface area (TPSA) is 76.1 Å². The van der Waals surface area contributed by atoms with Crippen molar-refractivity contribution < 1.29 is 14.8 Å². The Kier molecular flexibility index (Phi) is 3.85. The number of nitrogens with zero attached hydrogens (tertiary/aromatic N) is 3. The Labute approximate surface area is 107 Å². The van der Waals surface area contributed by atoms with Crippen LogP contribution in [0.25, 0.3) is 0 Å². The lowest BCUT2D eigenvalue weighted by atomic mass is 10.0. The van der Waals surface area contributed by atoms with E-state index in [4.69, 9.17) is 0 Å². The van der Waals surface area contributed by atoms with Gasteiger partial charge in [-0.2, -0.15) is 5.06 Å². The SMILES string of the molecule is C=CCN1C(=O)N(C)[C@@H](N(O)C(=O)NC)C1(C)C. The summed E-state index contributed by atoms with van der Waals surface area (Å²) in [5, 5.41) is 12.8. The van der Waals surface area contributed by atoms with Crippen molar-refractivity contribution in [2.24, 2.45) is 0 Å². The molecule has 0 saturated carbocycles. The van der Waals surface area contributed by atoms with Crippen LogP contribution in [0.1, 0.15) is 13.8 Å². The van der Waals surface area contributed by atoms with Crippen LogP contribution in [0.15, 0.2) is 12.7 Å². The summed E-state index contributed by atoms with van der Waals surface area (Å²) in [6.07, 6.45) is 0.849. The van der Waals surface area contributed by atoms with Crippen LogP contribution >= 0.6 is 0 Å². The van der Waals surface area contributed by atoms with Crippen LogP contribution in [0, 0.1) is 0 Å². The summed E-state index contributed by atoms with van der Waals surface area (Å²) in [6, 6.07) is -0.916. The van der Waals surface area contributed by atoms with Gasteiger partial charge in [-0.05, 0) is 13.8 Å². The third-order valence-electron chi connectivity index (χ3n) is 3.19. The molecule has 0 aliphatic carbocycles. The van der Waals surface area contributed by atoms with E-state index in [0.29, 0.717) is 11.6 Å². The molecule has 1 fully saturated rings. The molecule has 0 bridgehead atoms. The maximum absolute atomic E-state index is 12.1. The van der Waals surface area contributed by atoms with E-state index in [-0.39, 0.29) is 6.03 Å². The smallest absolute Gasteiger partial charge is 0.339 e. The van der Waals surface area contributed by atoms with E-state index in [9.17, 15) is 14.8 Å². The minimum Gasteiger partial charge on any atom is -0.339 e. The van der Waals surface area contributed by atoms with Gasteiger partial charge in [-0.15, -0.1) is 6.58 Å². The van der Waals surface area contributed by atoms with Gasteiger partial charge in [0.2, 0.25) is 0 Å². The van der Waals surface area contributed by atoms with Crippen molar-refractivity contribution in [3.63, 3.8) is 0 Å². The zero-order valence-corrected chi connectivity index (χ0v) is 11.2. The Bertz CT molecular complexity index is 369. The number of urea groups is 2. The molecule has 0 aromatic heterocycles. The van der Waals surface area contributed by atoms with Gasteiger partial charge >= 0.3 is 12.1 Å². The fraction of sp³-hybridized carbons (Fsp3) is 0.636. The average molecular weight is 256 g/mol. The number of rotatable bonds is 3. The second-order valence-electron chi connectivity index (χ2n) is 4.72. The minimum absolute atomic E-state index is 0.257. The van der Waals surface area contributed by atoms with Gasteiger partial charge in [-0.25, -0.2) is 9.59 Å². The molecule has 0 spiro atoms. The molecular weight excluding hydrogens is 236 g/mol. The number of amides is 4. The highest BCUT2D eigenvalue weighted by Crippen LogP contribution is 2.32. The number of likely N-dealkylation sites (N-methyl/N-ethyl adjacent to an activating group) is 1. The number of hydrogen-bond acceptors (Lipinski definition) is 3. The van der Waals surface area contributed by atoms with Gasteiger partial charge in [0.05, 0.1) is 5.54 Å². The van der Waals surface area contributed by atoms with Gasteiger partial charge < -0.3 is 15.1 Å². The number of hydrogen-bond donors (Lipinski definition) is 2. The normalized spacial score (nSPS) is 22.1. The van der Waals surface area contributed by atoms with Crippen LogP contribution in [-0.2, 0) is 0 Å². The number of hydroxylamine groups is 2. The third kappa shape index (κ3) is 2.01. The second kappa shape index (κ2) is 4.85. The Hall–Kier alpha value is -1.76. The van der Waals surface area contributed by atoms with Crippen LogP contribution in [0.2, 0.25) is 0 Å². The average Bonchev–Trinajstić information content (AvgIpc) is 2.48. The minimum atomic E-state index is -0.759. The van der Waals surface area contributed by atoms with E-state index >= 15 is 0 Å². The summed E-state index contributed by atoms with van der Waals surface area (Å²) in [5.41, 5.74) is -0.721. The van der Waals surface area contributed by atoms with E-state index in [1.807, 2.05) is 0 Å². The summed E-state index contributed by atoms with van der Waals surface area (Å²) in [6.45, 7) is 7.53. The van der Waals surface area contributed by atoms with Crippen molar-refractivity contribution in [3.8, 4) is 0 Å². The highest BCUT2D eigenvalue weighted by Gasteiger charge is 2.53. The van der Waals surface area contributed by atoms with Crippen molar-refractivity contribution in [1.82, 2.24) is 20.2 Å². The first-order valence-corrected chi connectivity index (χ1v) is 5.64. The lowest BCUT2D eigenvalue weighted by Gasteiger charge is -2.37. The lowest BCUT2D eigenvalue weighted by molar-refractivity contribution is -0.128. The molecule has 7 heteroatoms. The van der Waals surface area contributed by atoms with Gasteiger partial charge in [0.25, 0.3) is 0 Å². The quantitative estimate of drug-likeness (QED) is 0.443. The third-order valence-corrected chi connectivity index (χ3v) is 3.19. The van der Waals surface area contributed by atoms with Crippen LogP contribution in [-0.4, -0.2) is 64.5 Å². The molecular formula is C11H20N4O3. The van der Waals surface area contributed by atoms with Gasteiger partial charge in [0.1, 0.15) is 0 Å². The molecule has 18 heavy (non-hydrogen) atoms. The van der Waals surface area contributed by atoms with Crippen molar-refractivity contribution in [2.45, 2.75) is 25.6 Å². The molecule has 0 radical (unpaired) electrons. The fourth-order valence-corrected chi connectivity index (χ4v) is 2.29. The Balaban J connectivity index is 3.08. The zero-order valence-electron chi connectivity index (χ0n) is 11.2. The van der Waals surface area contributed by atoms with E-state index in [1.54, 1.807) is 31.9 Å². The molecule has 102 valence electrons. The van der Waals surface area contributed by atoms with Gasteiger partial charge in [-0.3, -0.25) is 5.21 Å². The molecule has 0 aromatic rings. The van der Waals surface area contributed by atoms with E-state index in [1.165, 1.54) is 11.9 Å². The Morgan fingerprint density at radius 2 is 2.22 bits per heavy atom. The molecule has 1 aliphatic heterocycles. The summed E-state index contributed by atoms with van der Waals surface area (Å²) >= 11 is 0. The first kappa shape index (κ1) is 14.3. The molecule has 0 aromatic carbocycles. The molecule has 1 heterocycles. The summed E-state index contributed by atoms with van der Waals surface area (Å²) in [7, 11) is 2.96. The van der Waals surface area contributed by atoms with Gasteiger partial charge in [-0.1, -0.05) is 6.08 Å². The zero-order chi connectivity index (χ0) is 14.1. The summed E-state index contributed by atoms with van der Waals surface area (Å²) < 4.78 is 0. The first-order valence-electron chi connectivity index (χ1n) is 5.64. The first-order chi connectivity index (χ1) is 8.28. The lowest BCUT2D eigenvalue weighted by Crippen LogP contribution is -2.57. The fourth-order valence-electron chi connectivity index (χ4n) is 2.29. The molecule has 1 saturated heterocycles. The van der Waals surface area contributed by atoms with Gasteiger partial charge in [0, 0.05) is 20.6 Å². The molecule has 1 rings (SSSR count).